The summed E-state index contributed by atoms with van der Waals surface area (Å²) < 4.78 is 12.6. The van der Waals surface area contributed by atoms with Crippen LogP contribution >= 0.6 is 9.24 Å². The van der Waals surface area contributed by atoms with Gasteiger partial charge in [0.15, 0.2) is 0 Å². The van der Waals surface area contributed by atoms with Crippen LogP contribution in [0, 0.1) is 5.92 Å². The molecular weight excluding hydrogens is 146 g/mol. The van der Waals surface area contributed by atoms with E-state index in [9.17, 15) is 4.39 Å². The summed E-state index contributed by atoms with van der Waals surface area (Å²) in [7, 11) is 2.19. The van der Waals surface area contributed by atoms with Crippen LogP contribution in [0.25, 0.3) is 0 Å². The van der Waals surface area contributed by atoms with E-state index >= 15 is 0 Å². The highest BCUT2D eigenvalue weighted by Gasteiger charge is 2.16. The molecule has 2 unspecified atom stereocenters. The van der Waals surface area contributed by atoms with Crippen molar-refractivity contribution in [1.82, 2.24) is 0 Å². The predicted octanol–water partition coefficient (Wildman–Crippen LogP) is 3.62. The van der Waals surface area contributed by atoms with E-state index in [1.165, 1.54) is 0 Å². The van der Waals surface area contributed by atoms with Gasteiger partial charge < -0.3 is 0 Å². The summed E-state index contributed by atoms with van der Waals surface area (Å²) in [5, 5.41) is -1.06. The lowest BCUT2D eigenvalue weighted by molar-refractivity contribution is 0.265. The van der Waals surface area contributed by atoms with Gasteiger partial charge in [0.05, 0.1) is 0 Å². The Hall–Kier alpha value is 0.360. The molecule has 0 aliphatic carbocycles. The quantitative estimate of drug-likeness (QED) is 0.549. The van der Waals surface area contributed by atoms with E-state index in [1.54, 1.807) is 6.92 Å². The third kappa shape index (κ3) is 15.8. The first kappa shape index (κ1) is 13.0. The molecule has 0 nitrogen and oxygen atoms in total. The van der Waals surface area contributed by atoms with E-state index in [-0.39, 0.29) is 0 Å². The molecule has 0 heterocycles. The lowest BCUT2D eigenvalue weighted by Crippen LogP contribution is -2.09. The zero-order valence-electron chi connectivity index (χ0n) is 7.74. The van der Waals surface area contributed by atoms with Gasteiger partial charge >= 0.3 is 0 Å². The van der Waals surface area contributed by atoms with Crippen molar-refractivity contribution in [3.8, 4) is 0 Å². The van der Waals surface area contributed by atoms with Crippen molar-refractivity contribution in [2.75, 3.05) is 0 Å². The van der Waals surface area contributed by atoms with Crippen LogP contribution < -0.4 is 0 Å². The number of hydrogen-bond acceptors (Lipinski definition) is 0. The molecule has 0 bridgehead atoms. The fourth-order valence-electron chi connectivity index (χ4n) is 0.798. The average Bonchev–Trinajstić information content (AvgIpc) is 1.64. The molecule has 10 heavy (non-hydrogen) atoms. The number of rotatable bonds is 2. The third-order valence-corrected chi connectivity index (χ3v) is 1.04. The van der Waals surface area contributed by atoms with Gasteiger partial charge in [-0.15, -0.1) is 0 Å². The molecule has 0 spiro atoms. The average molecular weight is 166 g/mol. The van der Waals surface area contributed by atoms with Gasteiger partial charge in [0.2, 0.25) is 0 Å². The van der Waals surface area contributed by atoms with Gasteiger partial charge in [0.25, 0.3) is 0 Å². The third-order valence-electron chi connectivity index (χ3n) is 0.807. The van der Waals surface area contributed by atoms with E-state index in [0.717, 1.165) is 0 Å². The van der Waals surface area contributed by atoms with Crippen molar-refractivity contribution in [2.45, 2.75) is 46.4 Å². The number of halogens is 1. The van der Waals surface area contributed by atoms with Crippen LogP contribution in [0.2, 0.25) is 0 Å². The Balaban J connectivity index is 0. The summed E-state index contributed by atoms with van der Waals surface area (Å²) in [6.07, 6.45) is 0.623. The minimum atomic E-state index is -1.06. The summed E-state index contributed by atoms with van der Waals surface area (Å²) in [6.45, 7) is 9.61. The second-order valence-corrected chi connectivity index (χ2v) is 4.08. The topological polar surface area (TPSA) is 0 Å². The zero-order chi connectivity index (χ0) is 8.78. The summed E-state index contributed by atoms with van der Waals surface area (Å²) >= 11 is 0. The molecule has 0 aromatic heterocycles. The largest absolute Gasteiger partial charge is 0.240 e. The lowest BCUT2D eigenvalue weighted by atomic mass is 10.1. The highest BCUT2D eigenvalue weighted by molar-refractivity contribution is 7.18. The van der Waals surface area contributed by atoms with E-state index in [4.69, 9.17) is 0 Å². The van der Waals surface area contributed by atoms with Gasteiger partial charge in [0, 0.05) is 0 Å². The molecule has 0 aliphatic rings. The Morgan fingerprint density at radius 1 is 1.40 bits per heavy atom. The molecule has 0 aromatic rings. The molecule has 0 radical (unpaired) electrons. The van der Waals surface area contributed by atoms with Gasteiger partial charge in [-0.2, -0.15) is 0 Å². The molecule has 0 rings (SSSR count). The van der Waals surface area contributed by atoms with Crippen LogP contribution in [0.4, 0.5) is 4.39 Å². The maximum absolute atomic E-state index is 12.6. The highest BCUT2D eigenvalue weighted by atomic mass is 31.0. The van der Waals surface area contributed by atoms with Crippen molar-refractivity contribution in [3.05, 3.63) is 0 Å². The minimum absolute atomic E-state index is 0.447. The maximum Gasteiger partial charge on any atom is 0.121 e. The molecule has 2 atom stereocenters. The van der Waals surface area contributed by atoms with Gasteiger partial charge in [-0.1, -0.05) is 36.9 Å². The number of hydrogen-bond donors (Lipinski definition) is 0. The molecule has 64 valence electrons. The fourth-order valence-corrected chi connectivity index (χ4v) is 1.27. The van der Waals surface area contributed by atoms with Crippen LogP contribution in [-0.2, 0) is 0 Å². The first-order chi connectivity index (χ1) is 4.42. The van der Waals surface area contributed by atoms with Crippen LogP contribution in [0.1, 0.15) is 41.0 Å². The smallest absolute Gasteiger partial charge is 0.121 e. The summed E-state index contributed by atoms with van der Waals surface area (Å²) in [5.74, 6) is 0.447. The Morgan fingerprint density at radius 2 is 1.70 bits per heavy atom. The summed E-state index contributed by atoms with van der Waals surface area (Å²) in [4.78, 5) is 0. The molecule has 0 saturated heterocycles. The Bertz CT molecular complexity index is 64.1. The molecule has 0 saturated carbocycles. The second-order valence-electron chi connectivity index (χ2n) is 2.88. The predicted molar refractivity (Wildman–Crippen MR) is 50.0 cm³/mol. The maximum atomic E-state index is 12.6. The van der Waals surface area contributed by atoms with E-state index in [2.05, 4.69) is 9.24 Å². The molecule has 0 aromatic carbocycles. The van der Waals surface area contributed by atoms with Crippen molar-refractivity contribution in [1.29, 1.82) is 0 Å². The van der Waals surface area contributed by atoms with Crippen LogP contribution in [0.15, 0.2) is 0 Å². The summed E-state index contributed by atoms with van der Waals surface area (Å²) in [6, 6.07) is 0. The van der Waals surface area contributed by atoms with E-state index < -0.39 is 5.41 Å². The number of alkyl halides is 1. The van der Waals surface area contributed by atoms with E-state index in [1.807, 2.05) is 27.7 Å². The van der Waals surface area contributed by atoms with Gasteiger partial charge in [-0.3, -0.25) is 0 Å². The first-order valence-corrected chi connectivity index (χ1v) is 4.47. The SMILES string of the molecule is CC.CC(C)CC(C)(F)P. The Kier molecular flexibility index (Phi) is 7.92. The second kappa shape index (κ2) is 6.09. The lowest BCUT2D eigenvalue weighted by Gasteiger charge is -2.15. The molecule has 0 aliphatic heterocycles. The normalized spacial score (nSPS) is 15.6. The van der Waals surface area contributed by atoms with Crippen LogP contribution in [0.5, 0.6) is 0 Å². The van der Waals surface area contributed by atoms with Crippen molar-refractivity contribution in [3.63, 3.8) is 0 Å². The molecule has 0 N–H and O–H groups in total. The van der Waals surface area contributed by atoms with Gasteiger partial charge in [0.1, 0.15) is 5.41 Å². The van der Waals surface area contributed by atoms with Gasteiger partial charge in [-0.25, -0.2) is 4.39 Å². The molecule has 0 amide bonds. The Morgan fingerprint density at radius 3 is 1.70 bits per heavy atom. The monoisotopic (exact) mass is 166 g/mol. The van der Waals surface area contributed by atoms with Crippen molar-refractivity contribution >= 4 is 9.24 Å². The molecule has 0 fully saturated rings. The first-order valence-electron chi connectivity index (χ1n) is 3.89. The zero-order valence-corrected chi connectivity index (χ0v) is 8.89. The van der Waals surface area contributed by atoms with Crippen LogP contribution in [-0.4, -0.2) is 5.41 Å². The standard InChI is InChI=1S/C6H14FP.C2H6/c1-5(2)4-6(3,7)8;1-2/h5H,4,8H2,1-3H3;1-2H3. The van der Waals surface area contributed by atoms with Crippen molar-refractivity contribution in [2.24, 2.45) is 5.92 Å². The fraction of sp³-hybridized carbons (Fsp3) is 1.00. The Labute approximate surface area is 66.8 Å². The molecular formula is C8H20FP. The van der Waals surface area contributed by atoms with Crippen LogP contribution in [0.3, 0.4) is 0 Å². The van der Waals surface area contributed by atoms with Gasteiger partial charge in [-0.05, 0) is 19.3 Å². The van der Waals surface area contributed by atoms with Crippen molar-refractivity contribution < 1.29 is 4.39 Å². The van der Waals surface area contributed by atoms with E-state index in [0.29, 0.717) is 12.3 Å². The minimum Gasteiger partial charge on any atom is -0.240 e. The summed E-state index contributed by atoms with van der Waals surface area (Å²) in [5.41, 5.74) is 0. The molecule has 2 heteroatoms. The highest BCUT2D eigenvalue weighted by Crippen LogP contribution is 2.27.